The lowest BCUT2D eigenvalue weighted by Gasteiger charge is -2.08. The summed E-state index contributed by atoms with van der Waals surface area (Å²) in [6, 6.07) is 10.6. The van der Waals surface area contributed by atoms with Crippen LogP contribution in [0.3, 0.4) is 0 Å². The number of hydrogen-bond acceptors (Lipinski definition) is 2. The van der Waals surface area contributed by atoms with E-state index in [1.165, 1.54) is 0 Å². The Morgan fingerprint density at radius 1 is 1.16 bits per heavy atom. The number of aromatic carboxylic acids is 1. The van der Waals surface area contributed by atoms with E-state index in [0.29, 0.717) is 16.6 Å². The van der Waals surface area contributed by atoms with Gasteiger partial charge in [-0.2, -0.15) is 0 Å². The average molecular weight is 377 g/mol. The second-order valence-electron chi connectivity index (χ2n) is 5.89. The molecule has 1 heterocycles. The predicted molar refractivity (Wildman–Crippen MR) is 103 cm³/mol. The summed E-state index contributed by atoms with van der Waals surface area (Å²) in [6.07, 6.45) is 2.58. The Kier molecular flexibility index (Phi) is 5.33. The number of carboxylic acids is 1. The van der Waals surface area contributed by atoms with E-state index in [9.17, 15) is 9.90 Å². The monoisotopic (exact) mass is 376 g/mol. The number of aromatic nitrogens is 1. The molecule has 0 unspecified atom stereocenters. The molecule has 25 heavy (non-hydrogen) atoms. The summed E-state index contributed by atoms with van der Waals surface area (Å²) in [6.45, 7) is 0.621. The summed E-state index contributed by atoms with van der Waals surface area (Å²) in [7, 11) is 0. The third kappa shape index (κ3) is 3.52. The molecule has 0 aliphatic carbocycles. The number of carboxylic acid groups (broad SMARTS) is 1. The van der Waals surface area contributed by atoms with Gasteiger partial charge < -0.3 is 15.8 Å². The number of carbonyl (C=O) groups is 1. The van der Waals surface area contributed by atoms with E-state index in [2.05, 4.69) is 4.98 Å². The molecule has 4 nitrogen and oxygen atoms in total. The third-order valence-corrected chi connectivity index (χ3v) is 5.07. The van der Waals surface area contributed by atoms with Gasteiger partial charge in [-0.25, -0.2) is 4.79 Å². The van der Waals surface area contributed by atoms with Crippen LogP contribution in [-0.4, -0.2) is 22.6 Å². The highest BCUT2D eigenvalue weighted by atomic mass is 35.5. The molecule has 2 aromatic carbocycles. The Morgan fingerprint density at radius 2 is 1.96 bits per heavy atom. The number of halogens is 2. The van der Waals surface area contributed by atoms with Crippen molar-refractivity contribution < 1.29 is 9.90 Å². The highest BCUT2D eigenvalue weighted by Crippen LogP contribution is 2.38. The number of rotatable bonds is 6. The first-order chi connectivity index (χ1) is 12.0. The van der Waals surface area contributed by atoms with E-state index in [0.717, 1.165) is 47.0 Å². The molecular weight excluding hydrogens is 359 g/mol. The highest BCUT2D eigenvalue weighted by Gasteiger charge is 2.17. The molecule has 0 bridgehead atoms. The first-order valence-electron chi connectivity index (χ1n) is 8.05. The standard InChI is InChI=1S/C19H18Cl2N2O2/c20-15-6-3-5-13(17(15)21)18-12(4-1-2-9-22)14-10-11(19(24)25)7-8-16(14)23-18/h3,5-8,10,23H,1-2,4,9,22H2,(H,24,25). The number of aromatic amines is 1. The molecule has 0 aliphatic heterocycles. The molecule has 3 aromatic rings. The van der Waals surface area contributed by atoms with Crippen LogP contribution in [0.1, 0.15) is 28.8 Å². The van der Waals surface area contributed by atoms with Gasteiger partial charge >= 0.3 is 5.97 Å². The number of fused-ring (bicyclic) bond motifs is 1. The van der Waals surface area contributed by atoms with Gasteiger partial charge in [0.05, 0.1) is 21.3 Å². The molecule has 0 fully saturated rings. The smallest absolute Gasteiger partial charge is 0.335 e. The topological polar surface area (TPSA) is 79.1 Å². The van der Waals surface area contributed by atoms with E-state index in [4.69, 9.17) is 28.9 Å². The molecule has 0 saturated heterocycles. The number of H-pyrrole nitrogens is 1. The van der Waals surface area contributed by atoms with Crippen LogP contribution in [0.2, 0.25) is 10.0 Å². The normalized spacial score (nSPS) is 11.2. The van der Waals surface area contributed by atoms with Crippen LogP contribution in [0.4, 0.5) is 0 Å². The molecule has 0 saturated carbocycles. The zero-order valence-electron chi connectivity index (χ0n) is 13.5. The maximum Gasteiger partial charge on any atom is 0.335 e. The van der Waals surface area contributed by atoms with Crippen molar-refractivity contribution in [3.63, 3.8) is 0 Å². The van der Waals surface area contributed by atoms with Crippen molar-refractivity contribution in [3.05, 3.63) is 57.6 Å². The number of hydrogen-bond donors (Lipinski definition) is 3. The van der Waals surface area contributed by atoms with Crippen LogP contribution in [0.5, 0.6) is 0 Å². The first kappa shape index (κ1) is 17.8. The lowest BCUT2D eigenvalue weighted by atomic mass is 9.99. The lowest BCUT2D eigenvalue weighted by molar-refractivity contribution is 0.0697. The van der Waals surface area contributed by atoms with Crippen molar-refractivity contribution >= 4 is 40.1 Å². The fourth-order valence-electron chi connectivity index (χ4n) is 3.01. The molecular formula is C19H18Cl2N2O2. The molecule has 130 valence electrons. The van der Waals surface area contributed by atoms with Crippen LogP contribution < -0.4 is 5.73 Å². The third-order valence-electron chi connectivity index (χ3n) is 4.25. The summed E-state index contributed by atoms with van der Waals surface area (Å²) in [5, 5.41) is 11.1. The molecule has 0 aliphatic rings. The average Bonchev–Trinajstić information content (AvgIpc) is 2.95. The zero-order valence-corrected chi connectivity index (χ0v) is 15.0. The van der Waals surface area contributed by atoms with Crippen molar-refractivity contribution in [2.24, 2.45) is 5.73 Å². The van der Waals surface area contributed by atoms with Crippen molar-refractivity contribution in [2.45, 2.75) is 19.3 Å². The lowest BCUT2D eigenvalue weighted by Crippen LogP contribution is -1.99. The number of unbranched alkanes of at least 4 members (excludes halogenated alkanes) is 1. The van der Waals surface area contributed by atoms with Crippen LogP contribution in [0.25, 0.3) is 22.2 Å². The van der Waals surface area contributed by atoms with E-state index in [-0.39, 0.29) is 5.56 Å². The Morgan fingerprint density at radius 3 is 2.68 bits per heavy atom. The minimum atomic E-state index is -0.946. The molecule has 3 rings (SSSR count). The van der Waals surface area contributed by atoms with Gasteiger partial charge in [0.25, 0.3) is 0 Å². The van der Waals surface area contributed by atoms with Crippen molar-refractivity contribution in [1.29, 1.82) is 0 Å². The maximum atomic E-state index is 11.3. The number of nitrogens with one attached hydrogen (secondary N) is 1. The van der Waals surface area contributed by atoms with Crippen LogP contribution in [-0.2, 0) is 6.42 Å². The Hall–Kier alpha value is -2.01. The summed E-state index contributed by atoms with van der Waals surface area (Å²) in [5.41, 5.74) is 9.47. The fourth-order valence-corrected chi connectivity index (χ4v) is 3.41. The largest absolute Gasteiger partial charge is 0.478 e. The Labute approximate surface area is 155 Å². The van der Waals surface area contributed by atoms with Crippen LogP contribution >= 0.6 is 23.2 Å². The summed E-state index contributed by atoms with van der Waals surface area (Å²) in [5.74, 6) is -0.946. The molecule has 0 spiro atoms. The van der Waals surface area contributed by atoms with Crippen LogP contribution in [0.15, 0.2) is 36.4 Å². The Balaban J connectivity index is 2.20. The predicted octanol–water partition coefficient (Wildman–Crippen LogP) is 5.12. The minimum absolute atomic E-state index is 0.260. The van der Waals surface area contributed by atoms with Crippen molar-refractivity contribution in [3.8, 4) is 11.3 Å². The van der Waals surface area contributed by atoms with Gasteiger partial charge in [-0.3, -0.25) is 0 Å². The van der Waals surface area contributed by atoms with Crippen LogP contribution in [0, 0.1) is 0 Å². The van der Waals surface area contributed by atoms with Crippen molar-refractivity contribution in [1.82, 2.24) is 4.98 Å². The molecule has 0 atom stereocenters. The fraction of sp³-hybridized carbons (Fsp3) is 0.211. The summed E-state index contributed by atoms with van der Waals surface area (Å²) >= 11 is 12.6. The maximum absolute atomic E-state index is 11.3. The van der Waals surface area contributed by atoms with E-state index in [1.807, 2.05) is 12.1 Å². The number of nitrogens with two attached hydrogens (primary N) is 1. The van der Waals surface area contributed by atoms with Gasteiger partial charge in [-0.15, -0.1) is 0 Å². The van der Waals surface area contributed by atoms with E-state index in [1.54, 1.807) is 24.3 Å². The van der Waals surface area contributed by atoms with E-state index < -0.39 is 5.97 Å². The Bertz CT molecular complexity index is 935. The minimum Gasteiger partial charge on any atom is -0.478 e. The second-order valence-corrected chi connectivity index (χ2v) is 6.68. The van der Waals surface area contributed by atoms with E-state index >= 15 is 0 Å². The molecule has 1 aromatic heterocycles. The van der Waals surface area contributed by atoms with Crippen molar-refractivity contribution in [2.75, 3.05) is 6.54 Å². The van der Waals surface area contributed by atoms with Gasteiger partial charge in [0.15, 0.2) is 0 Å². The second kappa shape index (κ2) is 7.48. The number of aryl methyl sites for hydroxylation is 1. The molecule has 0 radical (unpaired) electrons. The van der Waals surface area contributed by atoms with Gasteiger partial charge in [0.2, 0.25) is 0 Å². The summed E-state index contributed by atoms with van der Waals surface area (Å²) in [4.78, 5) is 14.7. The molecule has 6 heteroatoms. The first-order valence-corrected chi connectivity index (χ1v) is 8.81. The molecule has 0 amide bonds. The zero-order chi connectivity index (χ0) is 18.0. The quantitative estimate of drug-likeness (QED) is 0.522. The number of benzene rings is 2. The SMILES string of the molecule is NCCCCc1c(-c2cccc(Cl)c2Cl)[nH]c2ccc(C(=O)O)cc12. The van der Waals surface area contributed by atoms with Gasteiger partial charge in [-0.1, -0.05) is 35.3 Å². The summed E-state index contributed by atoms with van der Waals surface area (Å²) < 4.78 is 0. The van der Waals surface area contributed by atoms with Gasteiger partial charge in [-0.05, 0) is 55.6 Å². The van der Waals surface area contributed by atoms with Gasteiger partial charge in [0.1, 0.15) is 0 Å². The van der Waals surface area contributed by atoms with Gasteiger partial charge in [0, 0.05) is 16.5 Å². The molecule has 4 N–H and O–H groups in total. The highest BCUT2D eigenvalue weighted by molar-refractivity contribution is 6.43.